The van der Waals surface area contributed by atoms with Crippen LogP contribution in [0.2, 0.25) is 0 Å². The van der Waals surface area contributed by atoms with Crippen LogP contribution in [-0.4, -0.2) is 4.98 Å². The summed E-state index contributed by atoms with van der Waals surface area (Å²) in [6.07, 6.45) is 1.91. The van der Waals surface area contributed by atoms with Crippen LogP contribution in [0.4, 0.5) is 0 Å². The zero-order valence-corrected chi connectivity index (χ0v) is 19.9. The number of aryl methyl sites for hydroxylation is 2. The van der Waals surface area contributed by atoms with Gasteiger partial charge in [0.25, 0.3) is 0 Å². The van der Waals surface area contributed by atoms with Crippen molar-refractivity contribution in [2.24, 2.45) is 0 Å². The summed E-state index contributed by atoms with van der Waals surface area (Å²) in [5.41, 5.74) is 6.55. The van der Waals surface area contributed by atoms with Gasteiger partial charge in [-0.15, -0.1) is 11.3 Å². The fraction of sp³-hybridized carbons (Fsp3) is 0.207. The third kappa shape index (κ3) is 2.74. The molecule has 0 aliphatic rings. The molecule has 0 saturated carbocycles. The van der Waals surface area contributed by atoms with Gasteiger partial charge in [0.1, 0.15) is 5.69 Å². The lowest BCUT2D eigenvalue weighted by Crippen LogP contribution is -2.12. The normalized spacial score (nSPS) is 12.5. The highest BCUT2D eigenvalue weighted by atomic mass is 32.1. The second kappa shape index (κ2) is 6.66. The van der Waals surface area contributed by atoms with Crippen molar-refractivity contribution in [3.05, 3.63) is 76.8 Å². The van der Waals surface area contributed by atoms with E-state index in [9.17, 15) is 0 Å². The maximum absolute atomic E-state index is 6.61. The van der Waals surface area contributed by atoms with Crippen molar-refractivity contribution < 1.29 is 4.42 Å². The van der Waals surface area contributed by atoms with Crippen molar-refractivity contribution in [3.8, 4) is 11.3 Å². The Morgan fingerprint density at radius 1 is 0.812 bits per heavy atom. The van der Waals surface area contributed by atoms with Crippen LogP contribution in [-0.2, 0) is 5.41 Å². The van der Waals surface area contributed by atoms with Crippen LogP contribution < -0.4 is 0 Å². The van der Waals surface area contributed by atoms with Gasteiger partial charge in [0.2, 0.25) is 0 Å². The molecule has 0 N–H and O–H groups in total. The van der Waals surface area contributed by atoms with Crippen molar-refractivity contribution in [2.75, 3.05) is 0 Å². The average Bonchev–Trinajstić information content (AvgIpc) is 3.29. The van der Waals surface area contributed by atoms with E-state index >= 15 is 0 Å². The fourth-order valence-corrected chi connectivity index (χ4v) is 5.98. The number of benzene rings is 3. The molecule has 32 heavy (non-hydrogen) atoms. The van der Waals surface area contributed by atoms with E-state index in [1.54, 1.807) is 0 Å². The lowest BCUT2D eigenvalue weighted by Gasteiger charge is -2.22. The highest BCUT2D eigenvalue weighted by Gasteiger charge is 2.21. The Kier molecular flexibility index (Phi) is 4.06. The Hall–Kier alpha value is -3.17. The molecule has 0 amide bonds. The van der Waals surface area contributed by atoms with E-state index in [-0.39, 0.29) is 5.41 Å². The molecule has 0 radical (unpaired) electrons. The van der Waals surface area contributed by atoms with Crippen molar-refractivity contribution in [1.29, 1.82) is 0 Å². The minimum absolute atomic E-state index is 0.0234. The Balaban J connectivity index is 1.70. The number of nitrogens with zero attached hydrogens (tertiary/aromatic N) is 1. The number of thiophene rings is 1. The first-order valence-electron chi connectivity index (χ1n) is 11.1. The molecular formula is C29H25NOS. The lowest BCUT2D eigenvalue weighted by atomic mass is 9.82. The van der Waals surface area contributed by atoms with E-state index in [1.165, 1.54) is 36.9 Å². The summed E-state index contributed by atoms with van der Waals surface area (Å²) in [7, 11) is 0. The topological polar surface area (TPSA) is 26.0 Å². The smallest absolute Gasteiger partial charge is 0.161 e. The number of furan rings is 1. The first kappa shape index (κ1) is 19.5. The molecule has 6 aromatic rings. The largest absolute Gasteiger partial charge is 0.452 e. The molecule has 0 atom stereocenters. The fourth-order valence-electron chi connectivity index (χ4n) is 4.83. The Bertz CT molecular complexity index is 1680. The van der Waals surface area contributed by atoms with Crippen LogP contribution >= 0.6 is 11.3 Å². The van der Waals surface area contributed by atoms with E-state index < -0.39 is 0 Å². The number of aromatic nitrogens is 1. The Morgan fingerprint density at radius 3 is 2.38 bits per heavy atom. The molecule has 3 aromatic heterocycles. The molecule has 0 fully saturated rings. The van der Waals surface area contributed by atoms with Crippen molar-refractivity contribution in [1.82, 2.24) is 4.98 Å². The number of rotatable bonds is 1. The molecule has 3 aromatic carbocycles. The summed E-state index contributed by atoms with van der Waals surface area (Å²) in [4.78, 5) is 6.16. The number of pyridine rings is 1. The quantitative estimate of drug-likeness (QED) is 0.258. The van der Waals surface area contributed by atoms with Gasteiger partial charge in [0.15, 0.2) is 11.2 Å². The van der Waals surface area contributed by atoms with Gasteiger partial charge in [-0.3, -0.25) is 4.98 Å². The third-order valence-corrected chi connectivity index (χ3v) is 7.86. The molecular weight excluding hydrogens is 410 g/mol. The maximum Gasteiger partial charge on any atom is 0.161 e. The molecule has 0 bridgehead atoms. The van der Waals surface area contributed by atoms with Crippen LogP contribution in [0.3, 0.4) is 0 Å². The van der Waals surface area contributed by atoms with E-state index in [0.717, 1.165) is 33.2 Å². The summed E-state index contributed by atoms with van der Waals surface area (Å²) in [6.45, 7) is 11.2. The minimum Gasteiger partial charge on any atom is -0.452 e. The number of hydrogen-bond acceptors (Lipinski definition) is 3. The van der Waals surface area contributed by atoms with Crippen LogP contribution in [0.25, 0.3) is 54.1 Å². The zero-order valence-electron chi connectivity index (χ0n) is 19.0. The molecule has 2 nitrogen and oxygen atoms in total. The molecule has 3 heteroatoms. The average molecular weight is 436 g/mol. The molecule has 3 heterocycles. The summed E-state index contributed by atoms with van der Waals surface area (Å²) in [5, 5.41) is 6.10. The van der Waals surface area contributed by atoms with Gasteiger partial charge in [-0.25, -0.2) is 0 Å². The molecule has 0 spiro atoms. The maximum atomic E-state index is 6.61. The predicted molar refractivity (Wildman–Crippen MR) is 138 cm³/mol. The van der Waals surface area contributed by atoms with E-state index in [0.29, 0.717) is 0 Å². The van der Waals surface area contributed by atoms with Crippen molar-refractivity contribution in [3.63, 3.8) is 0 Å². The Labute approximate surface area is 191 Å². The second-order valence-electron chi connectivity index (χ2n) is 9.74. The minimum atomic E-state index is 0.0234. The highest BCUT2D eigenvalue weighted by molar-refractivity contribution is 7.20. The zero-order chi connectivity index (χ0) is 22.2. The van der Waals surface area contributed by atoms with Gasteiger partial charge in [0, 0.05) is 27.4 Å². The van der Waals surface area contributed by atoms with E-state index in [4.69, 9.17) is 9.40 Å². The SMILES string of the molecule is Cc1sc2c(ccc3c4ccnc(-c5cc(C(C)(C)C)c6ccccc6c5)c4oc32)c1C. The van der Waals surface area contributed by atoms with Gasteiger partial charge >= 0.3 is 0 Å². The van der Waals surface area contributed by atoms with Gasteiger partial charge in [0.05, 0.1) is 4.70 Å². The first-order chi connectivity index (χ1) is 15.3. The molecule has 0 aliphatic carbocycles. The molecule has 0 aliphatic heterocycles. The summed E-state index contributed by atoms with van der Waals surface area (Å²) >= 11 is 1.82. The van der Waals surface area contributed by atoms with E-state index in [2.05, 4.69) is 89.2 Å². The van der Waals surface area contributed by atoms with Gasteiger partial charge in [-0.05, 0) is 70.8 Å². The molecule has 0 saturated heterocycles. The van der Waals surface area contributed by atoms with Crippen molar-refractivity contribution >= 4 is 54.1 Å². The van der Waals surface area contributed by atoms with Crippen LogP contribution in [0.1, 0.15) is 36.8 Å². The molecule has 158 valence electrons. The second-order valence-corrected chi connectivity index (χ2v) is 11.0. The highest BCUT2D eigenvalue weighted by Crippen LogP contribution is 2.43. The van der Waals surface area contributed by atoms with Gasteiger partial charge in [-0.1, -0.05) is 51.1 Å². The standard InChI is InChI=1S/C29H25NOS/c1-16-17(2)32-28-20(16)10-11-22-23-12-13-30-25(26(23)31-27(22)28)19-14-18-8-6-7-9-21(18)24(15-19)29(3,4)5/h6-15H,1-5H3. The van der Waals surface area contributed by atoms with Crippen LogP contribution in [0, 0.1) is 13.8 Å². The van der Waals surface area contributed by atoms with Gasteiger partial charge < -0.3 is 4.42 Å². The van der Waals surface area contributed by atoms with Crippen LogP contribution in [0.15, 0.2) is 65.2 Å². The summed E-state index contributed by atoms with van der Waals surface area (Å²) < 4.78 is 7.84. The molecule has 0 unspecified atom stereocenters. The first-order valence-corrected chi connectivity index (χ1v) is 11.9. The third-order valence-electron chi connectivity index (χ3n) is 6.64. The van der Waals surface area contributed by atoms with Gasteiger partial charge in [-0.2, -0.15) is 0 Å². The predicted octanol–water partition coefficient (Wildman–Crippen LogP) is 8.93. The summed E-state index contributed by atoms with van der Waals surface area (Å²) in [6, 6.07) is 19.7. The van der Waals surface area contributed by atoms with E-state index in [1.807, 2.05) is 17.5 Å². The molecule has 6 rings (SSSR count). The monoisotopic (exact) mass is 435 g/mol. The van der Waals surface area contributed by atoms with Crippen molar-refractivity contribution in [2.45, 2.75) is 40.0 Å². The summed E-state index contributed by atoms with van der Waals surface area (Å²) in [5.74, 6) is 0. The number of fused-ring (bicyclic) bond motifs is 6. The Morgan fingerprint density at radius 2 is 1.56 bits per heavy atom. The number of hydrogen-bond donors (Lipinski definition) is 0. The van der Waals surface area contributed by atoms with Crippen LogP contribution in [0.5, 0.6) is 0 Å². The lowest BCUT2D eigenvalue weighted by molar-refractivity contribution is 0.596.